The van der Waals surface area contributed by atoms with Crippen LogP contribution < -0.4 is 4.74 Å². The number of hydrogen-bond acceptors (Lipinski definition) is 3. The van der Waals surface area contributed by atoms with Gasteiger partial charge in [-0.05, 0) is 19.9 Å². The molecule has 1 heterocycles. The second kappa shape index (κ2) is 5.49. The molecule has 0 fully saturated rings. The lowest BCUT2D eigenvalue weighted by molar-refractivity contribution is -0.141. The molecule has 0 amide bonds. The first-order valence-electron chi connectivity index (χ1n) is 5.34. The third-order valence-corrected chi connectivity index (χ3v) is 2.07. The van der Waals surface area contributed by atoms with Gasteiger partial charge < -0.3 is 9.84 Å². The summed E-state index contributed by atoms with van der Waals surface area (Å²) in [5.41, 5.74) is 0.744. The van der Waals surface area contributed by atoms with E-state index in [0.29, 0.717) is 12.3 Å². The predicted molar refractivity (Wildman–Crippen MR) is 60.5 cm³/mol. The molecule has 88 valence electrons. The van der Waals surface area contributed by atoms with Gasteiger partial charge in [0.15, 0.2) is 0 Å². The number of pyridine rings is 1. The van der Waals surface area contributed by atoms with Gasteiger partial charge in [-0.25, -0.2) is 4.98 Å². The van der Waals surface area contributed by atoms with E-state index in [9.17, 15) is 4.79 Å². The van der Waals surface area contributed by atoms with Gasteiger partial charge in [-0.3, -0.25) is 4.79 Å². The Morgan fingerprint density at radius 2 is 2.12 bits per heavy atom. The molecule has 0 saturated carbocycles. The minimum atomic E-state index is -0.808. The highest BCUT2D eigenvalue weighted by Gasteiger charge is 2.12. The molecule has 0 aliphatic rings. The van der Waals surface area contributed by atoms with E-state index >= 15 is 0 Å². The van der Waals surface area contributed by atoms with Crippen LogP contribution >= 0.6 is 0 Å². The maximum absolute atomic E-state index is 10.7. The normalized spacial score (nSPS) is 12.5. The first-order chi connectivity index (χ1) is 7.49. The van der Waals surface area contributed by atoms with E-state index < -0.39 is 11.9 Å². The van der Waals surface area contributed by atoms with Crippen LogP contribution in [0.5, 0.6) is 5.88 Å². The SMILES string of the molecule is CC(C)Oc1cccc(CC(C)C(=O)O)n1. The first kappa shape index (κ1) is 12.5. The number of hydrogen-bond donors (Lipinski definition) is 1. The molecule has 1 aromatic heterocycles. The summed E-state index contributed by atoms with van der Waals surface area (Å²) in [4.78, 5) is 15.0. The van der Waals surface area contributed by atoms with Crippen molar-refractivity contribution in [1.82, 2.24) is 4.98 Å². The van der Waals surface area contributed by atoms with Crippen LogP contribution in [-0.2, 0) is 11.2 Å². The summed E-state index contributed by atoms with van der Waals surface area (Å²) >= 11 is 0. The molecule has 0 aromatic carbocycles. The minimum Gasteiger partial charge on any atom is -0.481 e. The zero-order valence-corrected chi connectivity index (χ0v) is 9.80. The lowest BCUT2D eigenvalue weighted by atomic mass is 10.1. The third kappa shape index (κ3) is 3.88. The minimum absolute atomic E-state index is 0.0691. The Balaban J connectivity index is 2.70. The third-order valence-electron chi connectivity index (χ3n) is 2.07. The van der Waals surface area contributed by atoms with E-state index in [-0.39, 0.29) is 6.10 Å². The largest absolute Gasteiger partial charge is 0.481 e. The Labute approximate surface area is 95.3 Å². The van der Waals surface area contributed by atoms with Crippen molar-refractivity contribution >= 4 is 5.97 Å². The number of carboxylic acid groups (broad SMARTS) is 1. The molecule has 4 heteroatoms. The van der Waals surface area contributed by atoms with Crippen LogP contribution in [0.3, 0.4) is 0 Å². The summed E-state index contributed by atoms with van der Waals surface area (Å²) in [5.74, 6) is -0.691. The van der Waals surface area contributed by atoms with Gasteiger partial charge in [-0.15, -0.1) is 0 Å². The zero-order chi connectivity index (χ0) is 12.1. The molecule has 1 atom stereocenters. The van der Waals surface area contributed by atoms with Crippen LogP contribution in [0.15, 0.2) is 18.2 Å². The van der Waals surface area contributed by atoms with Crippen molar-refractivity contribution in [2.45, 2.75) is 33.3 Å². The van der Waals surface area contributed by atoms with Gasteiger partial charge in [0, 0.05) is 18.2 Å². The fourth-order valence-corrected chi connectivity index (χ4v) is 1.28. The summed E-state index contributed by atoms with van der Waals surface area (Å²) in [6, 6.07) is 5.41. The highest BCUT2D eigenvalue weighted by atomic mass is 16.5. The molecule has 0 bridgehead atoms. The monoisotopic (exact) mass is 223 g/mol. The molecule has 1 rings (SSSR count). The Morgan fingerprint density at radius 1 is 1.44 bits per heavy atom. The molecule has 0 radical (unpaired) electrons. The molecule has 1 N–H and O–H groups in total. The van der Waals surface area contributed by atoms with Crippen LogP contribution in [0.1, 0.15) is 26.5 Å². The van der Waals surface area contributed by atoms with E-state index in [1.54, 1.807) is 13.0 Å². The van der Waals surface area contributed by atoms with E-state index in [1.165, 1.54) is 0 Å². The summed E-state index contributed by atoms with van der Waals surface area (Å²) in [6.07, 6.45) is 0.490. The van der Waals surface area contributed by atoms with Gasteiger partial charge >= 0.3 is 5.97 Å². The standard InChI is InChI=1S/C12H17NO3/c1-8(2)16-11-6-4-5-10(13-11)7-9(3)12(14)15/h4-6,8-9H,7H2,1-3H3,(H,14,15). The highest BCUT2D eigenvalue weighted by molar-refractivity contribution is 5.69. The molecule has 16 heavy (non-hydrogen) atoms. The number of nitrogens with zero attached hydrogens (tertiary/aromatic N) is 1. The van der Waals surface area contributed by atoms with Crippen molar-refractivity contribution in [3.05, 3.63) is 23.9 Å². The van der Waals surface area contributed by atoms with Crippen LogP contribution in [0.2, 0.25) is 0 Å². The smallest absolute Gasteiger partial charge is 0.306 e. The lowest BCUT2D eigenvalue weighted by Gasteiger charge is -2.10. The fraction of sp³-hybridized carbons (Fsp3) is 0.500. The van der Waals surface area contributed by atoms with Crippen molar-refractivity contribution in [3.63, 3.8) is 0 Å². The lowest BCUT2D eigenvalue weighted by Crippen LogP contribution is -2.14. The van der Waals surface area contributed by atoms with Gasteiger partial charge in [0.1, 0.15) is 0 Å². The molecular formula is C12H17NO3. The summed E-state index contributed by atoms with van der Waals surface area (Å²) in [7, 11) is 0. The Bertz CT molecular complexity index is 363. The quantitative estimate of drug-likeness (QED) is 0.830. The van der Waals surface area contributed by atoms with Gasteiger partial charge in [0.2, 0.25) is 5.88 Å². The average Bonchev–Trinajstić information content (AvgIpc) is 2.16. The second-order valence-corrected chi connectivity index (χ2v) is 4.08. The molecule has 4 nitrogen and oxygen atoms in total. The van der Waals surface area contributed by atoms with Gasteiger partial charge in [-0.2, -0.15) is 0 Å². The molecule has 0 spiro atoms. The van der Waals surface area contributed by atoms with Crippen molar-refractivity contribution in [1.29, 1.82) is 0 Å². The van der Waals surface area contributed by atoms with Gasteiger partial charge in [0.25, 0.3) is 0 Å². The second-order valence-electron chi connectivity index (χ2n) is 4.08. The van der Waals surface area contributed by atoms with Crippen molar-refractivity contribution in [3.8, 4) is 5.88 Å². The zero-order valence-electron chi connectivity index (χ0n) is 9.80. The molecule has 0 aliphatic heterocycles. The van der Waals surface area contributed by atoms with Crippen molar-refractivity contribution < 1.29 is 14.6 Å². The van der Waals surface area contributed by atoms with Crippen LogP contribution in [0.4, 0.5) is 0 Å². The van der Waals surface area contributed by atoms with E-state index in [0.717, 1.165) is 5.69 Å². The van der Waals surface area contributed by atoms with E-state index in [1.807, 2.05) is 26.0 Å². The Kier molecular flexibility index (Phi) is 4.28. The summed E-state index contributed by atoms with van der Waals surface area (Å²) < 4.78 is 5.44. The summed E-state index contributed by atoms with van der Waals surface area (Å²) in [5, 5.41) is 8.80. The number of ether oxygens (including phenoxy) is 1. The number of carboxylic acids is 1. The molecule has 0 saturated heterocycles. The predicted octanol–water partition coefficient (Wildman–Crippen LogP) is 2.13. The van der Waals surface area contributed by atoms with Crippen LogP contribution in [0, 0.1) is 5.92 Å². The molecule has 1 aromatic rings. The molecular weight excluding hydrogens is 206 g/mol. The Hall–Kier alpha value is -1.58. The van der Waals surface area contributed by atoms with Gasteiger partial charge in [0.05, 0.1) is 12.0 Å². The fourth-order valence-electron chi connectivity index (χ4n) is 1.28. The summed E-state index contributed by atoms with van der Waals surface area (Å²) in [6.45, 7) is 5.52. The molecule has 0 aliphatic carbocycles. The number of carbonyl (C=O) groups is 1. The topological polar surface area (TPSA) is 59.4 Å². The van der Waals surface area contributed by atoms with Gasteiger partial charge in [-0.1, -0.05) is 13.0 Å². The maximum Gasteiger partial charge on any atom is 0.306 e. The average molecular weight is 223 g/mol. The maximum atomic E-state index is 10.7. The first-order valence-corrected chi connectivity index (χ1v) is 5.34. The highest BCUT2D eigenvalue weighted by Crippen LogP contribution is 2.12. The van der Waals surface area contributed by atoms with E-state index in [4.69, 9.17) is 9.84 Å². The van der Waals surface area contributed by atoms with Crippen molar-refractivity contribution in [2.75, 3.05) is 0 Å². The number of rotatable bonds is 5. The number of aliphatic carboxylic acids is 1. The number of aromatic nitrogens is 1. The van der Waals surface area contributed by atoms with Crippen molar-refractivity contribution in [2.24, 2.45) is 5.92 Å². The molecule has 1 unspecified atom stereocenters. The van der Waals surface area contributed by atoms with Crippen LogP contribution in [-0.4, -0.2) is 22.2 Å². The van der Waals surface area contributed by atoms with E-state index in [2.05, 4.69) is 4.98 Å². The Morgan fingerprint density at radius 3 is 2.69 bits per heavy atom. The van der Waals surface area contributed by atoms with Crippen LogP contribution in [0.25, 0.3) is 0 Å².